The molecule has 0 amide bonds. The molecule has 0 aliphatic heterocycles. The summed E-state index contributed by atoms with van der Waals surface area (Å²) >= 11 is 0. The maximum Gasteiger partial charge on any atom is 0.129 e. The Morgan fingerprint density at radius 2 is 1.33 bits per heavy atom. The molecule has 1 heteroatoms. The standard InChI is InChI=1S/C23H36O/c1-3-4-13-22(15-16-22)17-18-23(19-20-23)14-11-9-7-5-6-8-10-12-21(2)24/h4,11,13-14,17-18H,3,5-10,12,15-16,19-20H2,1-2H3/b13-4-,14-11-,18-17-. The fourth-order valence-electron chi connectivity index (χ4n) is 3.24. The van der Waals surface area contributed by atoms with Crippen molar-refractivity contribution < 1.29 is 4.79 Å². The van der Waals surface area contributed by atoms with E-state index >= 15 is 0 Å². The first-order valence-electron chi connectivity index (χ1n) is 10.2. The van der Waals surface area contributed by atoms with E-state index in [4.69, 9.17) is 0 Å². The number of ketones is 1. The van der Waals surface area contributed by atoms with E-state index in [2.05, 4.69) is 43.4 Å². The lowest BCUT2D eigenvalue weighted by atomic mass is 9.98. The molecule has 0 bridgehead atoms. The molecule has 1 nitrogen and oxygen atoms in total. The molecule has 0 heterocycles. The summed E-state index contributed by atoms with van der Waals surface area (Å²) in [6.07, 6.45) is 29.2. The molecule has 0 spiro atoms. The number of rotatable bonds is 13. The Labute approximate surface area is 149 Å². The van der Waals surface area contributed by atoms with Gasteiger partial charge in [0.2, 0.25) is 0 Å². The molecule has 2 saturated carbocycles. The Bertz CT molecular complexity index is 472. The van der Waals surface area contributed by atoms with Gasteiger partial charge in [-0.3, -0.25) is 0 Å². The minimum atomic E-state index is 0.332. The Balaban J connectivity index is 1.58. The van der Waals surface area contributed by atoms with E-state index in [0.717, 1.165) is 19.3 Å². The van der Waals surface area contributed by atoms with E-state index in [-0.39, 0.29) is 0 Å². The van der Waals surface area contributed by atoms with Gasteiger partial charge in [-0.25, -0.2) is 0 Å². The first-order chi connectivity index (χ1) is 11.6. The zero-order valence-electron chi connectivity index (χ0n) is 15.9. The molecule has 0 atom stereocenters. The van der Waals surface area contributed by atoms with Gasteiger partial charge < -0.3 is 4.79 Å². The molecule has 0 aromatic heterocycles. The monoisotopic (exact) mass is 328 g/mol. The van der Waals surface area contributed by atoms with Gasteiger partial charge in [-0.15, -0.1) is 0 Å². The van der Waals surface area contributed by atoms with Crippen LogP contribution in [-0.2, 0) is 4.79 Å². The number of Topliss-reactive ketones (excluding diaryl/α,β-unsaturated/α-hetero) is 1. The summed E-state index contributed by atoms with van der Waals surface area (Å²) in [5, 5.41) is 0. The van der Waals surface area contributed by atoms with E-state index in [1.54, 1.807) is 6.92 Å². The van der Waals surface area contributed by atoms with E-state index in [1.165, 1.54) is 57.8 Å². The van der Waals surface area contributed by atoms with Gasteiger partial charge in [0, 0.05) is 17.3 Å². The highest BCUT2D eigenvalue weighted by Gasteiger charge is 2.41. The Hall–Kier alpha value is -1.11. The van der Waals surface area contributed by atoms with Crippen molar-refractivity contribution in [2.75, 3.05) is 0 Å². The summed E-state index contributed by atoms with van der Waals surface area (Å²) in [7, 11) is 0. The van der Waals surface area contributed by atoms with Crippen molar-refractivity contribution in [3.05, 3.63) is 36.5 Å². The first-order valence-corrected chi connectivity index (χ1v) is 10.2. The molecule has 24 heavy (non-hydrogen) atoms. The average Bonchev–Trinajstić information content (AvgIpc) is 3.47. The molecule has 0 saturated heterocycles. The summed E-state index contributed by atoms with van der Waals surface area (Å²) < 4.78 is 0. The maximum absolute atomic E-state index is 10.9. The lowest BCUT2D eigenvalue weighted by Crippen LogP contribution is -1.94. The van der Waals surface area contributed by atoms with Crippen molar-refractivity contribution in [1.29, 1.82) is 0 Å². The number of hydrogen-bond donors (Lipinski definition) is 0. The van der Waals surface area contributed by atoms with E-state index in [1.807, 2.05) is 0 Å². The number of carbonyl (C=O) groups excluding carboxylic acids is 1. The third-order valence-electron chi connectivity index (χ3n) is 5.44. The van der Waals surface area contributed by atoms with Crippen LogP contribution in [0.1, 0.15) is 90.9 Å². The number of carbonyl (C=O) groups is 1. The summed E-state index contributed by atoms with van der Waals surface area (Å²) in [4.78, 5) is 10.9. The fraction of sp³-hybridized carbons (Fsp3) is 0.696. The largest absolute Gasteiger partial charge is 0.300 e. The molecule has 0 radical (unpaired) electrons. The van der Waals surface area contributed by atoms with Crippen LogP contribution in [0.5, 0.6) is 0 Å². The second-order valence-electron chi connectivity index (χ2n) is 8.02. The minimum Gasteiger partial charge on any atom is -0.300 e. The van der Waals surface area contributed by atoms with Crippen LogP contribution in [0, 0.1) is 10.8 Å². The summed E-state index contributed by atoms with van der Waals surface area (Å²) in [5.74, 6) is 0.332. The van der Waals surface area contributed by atoms with Crippen molar-refractivity contribution in [3.63, 3.8) is 0 Å². The first kappa shape index (κ1) is 19.2. The molecule has 134 valence electrons. The van der Waals surface area contributed by atoms with E-state index in [9.17, 15) is 4.79 Å². The quantitative estimate of drug-likeness (QED) is 0.264. The topological polar surface area (TPSA) is 17.1 Å². The minimum absolute atomic E-state index is 0.332. The predicted molar refractivity (Wildman–Crippen MR) is 104 cm³/mol. The van der Waals surface area contributed by atoms with Crippen LogP contribution in [0.4, 0.5) is 0 Å². The van der Waals surface area contributed by atoms with Crippen molar-refractivity contribution in [3.8, 4) is 0 Å². The van der Waals surface area contributed by atoms with Gasteiger partial charge in [-0.1, -0.05) is 62.6 Å². The van der Waals surface area contributed by atoms with Gasteiger partial charge in [0.1, 0.15) is 5.78 Å². The van der Waals surface area contributed by atoms with Crippen LogP contribution in [0.15, 0.2) is 36.5 Å². The van der Waals surface area contributed by atoms with Crippen LogP contribution >= 0.6 is 0 Å². The third kappa shape index (κ3) is 7.20. The Kier molecular flexibility index (Phi) is 7.52. The summed E-state index contributed by atoms with van der Waals surface area (Å²) in [6, 6.07) is 0. The van der Waals surface area contributed by atoms with Gasteiger partial charge >= 0.3 is 0 Å². The van der Waals surface area contributed by atoms with Crippen LogP contribution in [0.25, 0.3) is 0 Å². The van der Waals surface area contributed by atoms with Crippen molar-refractivity contribution in [2.45, 2.75) is 90.9 Å². The maximum atomic E-state index is 10.9. The molecular weight excluding hydrogens is 292 g/mol. The smallest absolute Gasteiger partial charge is 0.129 e. The lowest BCUT2D eigenvalue weighted by Gasteiger charge is -2.07. The number of hydrogen-bond acceptors (Lipinski definition) is 1. The summed E-state index contributed by atoms with van der Waals surface area (Å²) in [5.41, 5.74) is 0.816. The van der Waals surface area contributed by atoms with Gasteiger partial charge in [-0.05, 0) is 58.3 Å². The zero-order chi connectivity index (χ0) is 17.3. The third-order valence-corrected chi connectivity index (χ3v) is 5.44. The van der Waals surface area contributed by atoms with Crippen LogP contribution in [0.3, 0.4) is 0 Å². The molecule has 0 N–H and O–H groups in total. The SMILES string of the molecule is CC/C=C\C1(/C=C\C2(/C=C\CCCCCCCC(C)=O)CC2)CC1. The molecule has 2 aliphatic rings. The van der Waals surface area contributed by atoms with Crippen molar-refractivity contribution in [2.24, 2.45) is 10.8 Å². The Morgan fingerprint density at radius 1 is 0.792 bits per heavy atom. The van der Waals surface area contributed by atoms with Crippen molar-refractivity contribution in [1.82, 2.24) is 0 Å². The van der Waals surface area contributed by atoms with Crippen LogP contribution < -0.4 is 0 Å². The highest BCUT2D eigenvalue weighted by Crippen LogP contribution is 2.53. The molecule has 0 aromatic carbocycles. The molecule has 2 fully saturated rings. The second kappa shape index (κ2) is 9.39. The molecule has 0 aromatic rings. The van der Waals surface area contributed by atoms with E-state index < -0.39 is 0 Å². The Morgan fingerprint density at radius 3 is 1.88 bits per heavy atom. The molecule has 2 aliphatic carbocycles. The van der Waals surface area contributed by atoms with Gasteiger partial charge in [0.05, 0.1) is 0 Å². The number of allylic oxidation sites excluding steroid dienone is 6. The zero-order valence-corrected chi connectivity index (χ0v) is 15.9. The second-order valence-corrected chi connectivity index (χ2v) is 8.02. The normalized spacial score (nSPS) is 21.1. The van der Waals surface area contributed by atoms with Crippen LogP contribution in [-0.4, -0.2) is 5.78 Å². The van der Waals surface area contributed by atoms with Gasteiger partial charge in [0.25, 0.3) is 0 Å². The molecular formula is C23H36O. The lowest BCUT2D eigenvalue weighted by molar-refractivity contribution is -0.117. The van der Waals surface area contributed by atoms with Crippen LogP contribution in [0.2, 0.25) is 0 Å². The molecule has 2 rings (SSSR count). The van der Waals surface area contributed by atoms with Gasteiger partial charge in [0.15, 0.2) is 0 Å². The van der Waals surface area contributed by atoms with E-state index in [0.29, 0.717) is 16.6 Å². The highest BCUT2D eigenvalue weighted by molar-refractivity contribution is 5.75. The molecule has 0 unspecified atom stereocenters. The predicted octanol–water partition coefficient (Wildman–Crippen LogP) is 6.95. The van der Waals surface area contributed by atoms with Gasteiger partial charge in [-0.2, -0.15) is 0 Å². The summed E-state index contributed by atoms with van der Waals surface area (Å²) in [6.45, 7) is 3.91. The highest BCUT2D eigenvalue weighted by atomic mass is 16.1. The average molecular weight is 329 g/mol. The van der Waals surface area contributed by atoms with Crippen molar-refractivity contribution >= 4 is 5.78 Å². The fourth-order valence-corrected chi connectivity index (χ4v) is 3.24. The number of unbranched alkanes of at least 4 members (excludes halogenated alkanes) is 5.